The van der Waals surface area contributed by atoms with Gasteiger partial charge in [0.1, 0.15) is 36.6 Å². The van der Waals surface area contributed by atoms with Gasteiger partial charge in [-0.15, -0.1) is 0 Å². The second-order valence-electron chi connectivity index (χ2n) is 12.4. The summed E-state index contributed by atoms with van der Waals surface area (Å²) in [5, 5.41) is 42.4. The van der Waals surface area contributed by atoms with Crippen LogP contribution in [0.25, 0.3) is 11.2 Å². The third-order valence-electron chi connectivity index (χ3n) is 8.37. The van der Waals surface area contributed by atoms with Crippen LogP contribution in [0.4, 0.5) is 0 Å². The lowest BCUT2D eigenvalue weighted by Crippen LogP contribution is -2.59. The normalized spacial score (nSPS) is 29.0. The number of aliphatic hydroxyl groups is 4. The molecule has 4 heterocycles. The number of imidazole rings is 1. The minimum atomic E-state index is -1.72. The van der Waals surface area contributed by atoms with Gasteiger partial charge in [-0.05, 0) is 39.2 Å². The van der Waals surface area contributed by atoms with E-state index in [9.17, 15) is 34.8 Å². The van der Waals surface area contributed by atoms with Crippen molar-refractivity contribution in [1.29, 1.82) is 0 Å². The zero-order valence-electron chi connectivity index (χ0n) is 29.3. The molecule has 0 aliphatic carbocycles. The van der Waals surface area contributed by atoms with Crippen LogP contribution in [0.3, 0.4) is 0 Å². The molecule has 16 nitrogen and oxygen atoms in total. The Morgan fingerprint density at radius 3 is 2.48 bits per heavy atom. The standard InChI is InChI=1S/C36H48N4O12/c1-4-5-6-7-8-11-14-17-25(42)48-22(2)16-13-10-9-12-15-18-26(43)51-31-23(3)49-36(30(46)29(31)45)52-32-28(44)24(19-41)50-35(32)40-21-39-27-33(40)37-20-38-34(27)47/h8-9,11-18,20-24,28-32,35-36,41,44-46H,4-7,10,19H2,1-3H3,(H,37,38,47)/b11-8+,12-9+,16-13-,17-14+,18-15+/t22-,23-,24+,28+,29-,30-,31+,32+,35+,36-/m0/s1. The van der Waals surface area contributed by atoms with Gasteiger partial charge in [0.15, 0.2) is 29.8 Å². The van der Waals surface area contributed by atoms with Crippen LogP contribution in [0.1, 0.15) is 59.1 Å². The molecule has 4 rings (SSSR count). The number of esters is 2. The van der Waals surface area contributed by atoms with Crippen molar-refractivity contribution in [3.8, 4) is 0 Å². The topological polar surface area (TPSA) is 225 Å². The number of hydrogen-bond donors (Lipinski definition) is 5. The van der Waals surface area contributed by atoms with Gasteiger partial charge in [-0.1, -0.05) is 62.3 Å². The average molecular weight is 729 g/mol. The molecule has 2 aromatic heterocycles. The van der Waals surface area contributed by atoms with Crippen LogP contribution in [-0.2, 0) is 33.3 Å². The summed E-state index contributed by atoms with van der Waals surface area (Å²) in [6, 6.07) is 0. The van der Waals surface area contributed by atoms with Crippen molar-refractivity contribution >= 4 is 23.1 Å². The van der Waals surface area contributed by atoms with Crippen molar-refractivity contribution in [3.63, 3.8) is 0 Å². The summed E-state index contributed by atoms with van der Waals surface area (Å²) in [6.45, 7) is 4.83. The highest BCUT2D eigenvalue weighted by molar-refractivity contribution is 5.83. The summed E-state index contributed by atoms with van der Waals surface area (Å²) in [4.78, 5) is 47.2. The van der Waals surface area contributed by atoms with E-state index in [2.05, 4.69) is 21.9 Å². The third kappa shape index (κ3) is 10.9. The van der Waals surface area contributed by atoms with Crippen LogP contribution in [-0.4, -0.2) is 114 Å². The first-order valence-electron chi connectivity index (χ1n) is 17.3. The van der Waals surface area contributed by atoms with E-state index in [0.717, 1.165) is 25.3 Å². The number of H-pyrrole nitrogens is 1. The molecule has 0 amide bonds. The number of allylic oxidation sites excluding steroid dienone is 7. The number of nitrogens with zero attached hydrogens (tertiary/aromatic N) is 3. The van der Waals surface area contributed by atoms with Gasteiger partial charge in [-0.3, -0.25) is 9.36 Å². The Morgan fingerprint density at radius 2 is 1.73 bits per heavy atom. The smallest absolute Gasteiger partial charge is 0.331 e. The first kappa shape index (κ1) is 40.5. The second kappa shape index (κ2) is 20.1. The Bertz CT molecular complexity index is 1670. The predicted octanol–water partition coefficient (Wildman–Crippen LogP) is 1.82. The number of fused-ring (bicyclic) bond motifs is 1. The zero-order valence-corrected chi connectivity index (χ0v) is 29.3. The number of carbonyl (C=O) groups excluding carboxylic acids is 2. The van der Waals surface area contributed by atoms with Crippen LogP contribution >= 0.6 is 0 Å². The number of nitrogens with one attached hydrogen (secondary N) is 1. The molecule has 0 spiro atoms. The zero-order chi connectivity index (χ0) is 37.6. The maximum Gasteiger partial charge on any atom is 0.331 e. The number of aromatic amines is 1. The fraction of sp³-hybridized carbons (Fsp3) is 0.528. The number of aromatic nitrogens is 4. The van der Waals surface area contributed by atoms with Crippen LogP contribution in [0, 0.1) is 0 Å². The molecule has 0 bridgehead atoms. The maximum atomic E-state index is 12.5. The Hall–Kier alpha value is -4.29. The van der Waals surface area contributed by atoms with Gasteiger partial charge in [-0.25, -0.2) is 19.6 Å². The number of unbranched alkanes of at least 4 members (excludes halogenated alkanes) is 3. The fourth-order valence-electron chi connectivity index (χ4n) is 5.62. The van der Waals surface area contributed by atoms with E-state index in [1.165, 1.54) is 42.7 Å². The van der Waals surface area contributed by atoms with Crippen molar-refractivity contribution in [2.24, 2.45) is 0 Å². The molecule has 2 saturated heterocycles. The number of aliphatic hydroxyl groups excluding tert-OH is 4. The first-order chi connectivity index (χ1) is 25.0. The average Bonchev–Trinajstić information content (AvgIpc) is 3.69. The van der Waals surface area contributed by atoms with Gasteiger partial charge < -0.3 is 49.1 Å². The Morgan fingerprint density at radius 1 is 0.981 bits per heavy atom. The SMILES string of the molecule is CCCCC/C=C/C=C/C(=O)O[C@@H](C)/C=C\C/C=C/C=C/C(=O)O[C@H]1[C@@H](O)[C@H](O)[C@H](O[C@@H]2[C@H](O)[C@@H](CO)O[C@H]2n2cnc3c(=O)[nH]cnc32)O[C@H]1C. The summed E-state index contributed by atoms with van der Waals surface area (Å²) < 4.78 is 29.5. The van der Waals surface area contributed by atoms with Crippen molar-refractivity contribution in [3.05, 3.63) is 83.8 Å². The highest BCUT2D eigenvalue weighted by Crippen LogP contribution is 2.36. The molecule has 10 atom stereocenters. The molecule has 0 aromatic carbocycles. The Kier molecular flexibility index (Phi) is 15.6. The number of ether oxygens (including phenoxy) is 5. The Labute approximate surface area is 300 Å². The monoisotopic (exact) mass is 728 g/mol. The minimum absolute atomic E-state index is 0.00508. The number of rotatable bonds is 17. The molecular formula is C36H48N4O12. The van der Waals surface area contributed by atoms with Crippen molar-refractivity contribution in [2.75, 3.05) is 6.61 Å². The predicted molar refractivity (Wildman–Crippen MR) is 186 cm³/mol. The van der Waals surface area contributed by atoms with Crippen molar-refractivity contribution in [1.82, 2.24) is 19.5 Å². The fourth-order valence-corrected chi connectivity index (χ4v) is 5.62. The Balaban J connectivity index is 1.24. The van der Waals surface area contributed by atoms with E-state index in [1.54, 1.807) is 31.2 Å². The van der Waals surface area contributed by atoms with Gasteiger partial charge in [0.2, 0.25) is 0 Å². The number of carbonyl (C=O) groups is 2. The van der Waals surface area contributed by atoms with Crippen molar-refractivity contribution in [2.45, 2.75) is 114 Å². The summed E-state index contributed by atoms with van der Waals surface area (Å²) in [5.41, 5.74) is -0.377. The minimum Gasteiger partial charge on any atom is -0.455 e. The summed E-state index contributed by atoms with van der Waals surface area (Å²) in [7, 11) is 0. The van der Waals surface area contributed by atoms with Crippen molar-refractivity contribution < 1.29 is 53.7 Å². The first-order valence-corrected chi connectivity index (χ1v) is 17.3. The summed E-state index contributed by atoms with van der Waals surface area (Å²) in [5.74, 6) is -1.23. The molecule has 0 unspecified atom stereocenters. The summed E-state index contributed by atoms with van der Waals surface area (Å²) >= 11 is 0. The van der Waals surface area contributed by atoms with Gasteiger partial charge in [0, 0.05) is 12.2 Å². The summed E-state index contributed by atoms with van der Waals surface area (Å²) in [6.07, 6.45) is 11.4. The molecule has 52 heavy (non-hydrogen) atoms. The number of hydrogen-bond acceptors (Lipinski definition) is 14. The lowest BCUT2D eigenvalue weighted by molar-refractivity contribution is -0.314. The quantitative estimate of drug-likeness (QED) is 0.0515. The highest BCUT2D eigenvalue weighted by atomic mass is 16.7. The van der Waals surface area contributed by atoms with Gasteiger partial charge >= 0.3 is 11.9 Å². The molecule has 2 aliphatic rings. The molecule has 2 aliphatic heterocycles. The molecule has 0 radical (unpaired) electrons. The molecular weight excluding hydrogens is 680 g/mol. The van der Waals surface area contributed by atoms with Gasteiger partial charge in [0.05, 0.1) is 25.4 Å². The molecule has 284 valence electrons. The lowest BCUT2D eigenvalue weighted by Gasteiger charge is -2.41. The largest absolute Gasteiger partial charge is 0.455 e. The highest BCUT2D eigenvalue weighted by Gasteiger charge is 2.51. The van der Waals surface area contributed by atoms with Crippen LogP contribution < -0.4 is 5.56 Å². The second-order valence-corrected chi connectivity index (χ2v) is 12.4. The molecule has 2 fully saturated rings. The van der Waals surface area contributed by atoms with Crippen LogP contribution in [0.2, 0.25) is 0 Å². The van der Waals surface area contributed by atoms with Crippen LogP contribution in [0.5, 0.6) is 0 Å². The third-order valence-corrected chi connectivity index (χ3v) is 8.37. The van der Waals surface area contributed by atoms with E-state index in [4.69, 9.17) is 23.7 Å². The van der Waals surface area contributed by atoms with E-state index >= 15 is 0 Å². The van der Waals surface area contributed by atoms with E-state index in [-0.39, 0.29) is 11.2 Å². The van der Waals surface area contributed by atoms with Gasteiger partial charge in [0.25, 0.3) is 5.56 Å². The van der Waals surface area contributed by atoms with E-state index < -0.39 is 85.5 Å². The molecule has 0 saturated carbocycles. The van der Waals surface area contributed by atoms with Gasteiger partial charge in [-0.2, -0.15) is 0 Å². The van der Waals surface area contributed by atoms with Crippen LogP contribution in [0.15, 0.2) is 78.2 Å². The molecule has 5 N–H and O–H groups in total. The van der Waals surface area contributed by atoms with E-state index in [0.29, 0.717) is 6.42 Å². The molecule has 16 heteroatoms. The van der Waals surface area contributed by atoms with E-state index in [1.807, 2.05) is 18.2 Å². The maximum absolute atomic E-state index is 12.5. The lowest BCUT2D eigenvalue weighted by atomic mass is 9.99. The molecule has 2 aromatic rings.